The highest BCUT2D eigenvalue weighted by atomic mass is 16.8. The first-order chi connectivity index (χ1) is 38.8. The fraction of sp³-hybridized carbons (Fsp3) is 0.862. The van der Waals surface area contributed by atoms with Crippen molar-refractivity contribution in [3.05, 3.63) is 29.8 Å². The van der Waals surface area contributed by atoms with Crippen LogP contribution in [0.5, 0.6) is 0 Å². The minimum Gasteiger partial charge on any atom is -0.462 e. The van der Waals surface area contributed by atoms with Crippen molar-refractivity contribution >= 4 is 17.6 Å². The fourth-order valence-corrected chi connectivity index (χ4v) is 16.1. The third-order valence-electron chi connectivity index (χ3n) is 20.8. The van der Waals surface area contributed by atoms with E-state index in [1.165, 1.54) is 21.1 Å². The summed E-state index contributed by atoms with van der Waals surface area (Å²) < 4.78 is 80.2. The molecule has 24 heteroatoms. The number of hydrogen-bond acceptors (Lipinski definition) is 24. The molecular formula is C58H91NO23. The van der Waals surface area contributed by atoms with E-state index >= 15 is 0 Å². The molecule has 9 N–H and O–H groups in total. The first-order valence-electron chi connectivity index (χ1n) is 29.2. The van der Waals surface area contributed by atoms with E-state index in [2.05, 4.69) is 12.2 Å². The van der Waals surface area contributed by atoms with Crippen LogP contribution in [0, 0.1) is 22.7 Å². The van der Waals surface area contributed by atoms with Crippen LogP contribution in [0.15, 0.2) is 24.3 Å². The number of aliphatic hydroxyl groups excluding tert-OH is 5. The van der Waals surface area contributed by atoms with Crippen LogP contribution in [0.2, 0.25) is 0 Å². The van der Waals surface area contributed by atoms with Crippen LogP contribution in [0.3, 0.4) is 0 Å². The van der Waals surface area contributed by atoms with Crippen molar-refractivity contribution in [3.8, 4) is 0 Å². The van der Waals surface area contributed by atoms with Gasteiger partial charge in [0.2, 0.25) is 0 Å². The monoisotopic (exact) mass is 1170 g/mol. The molecule has 1 unspecified atom stereocenters. The number of anilines is 1. The van der Waals surface area contributed by atoms with E-state index in [0.29, 0.717) is 37.8 Å². The molecule has 0 amide bonds. The van der Waals surface area contributed by atoms with Gasteiger partial charge in [0.15, 0.2) is 25.2 Å². The highest BCUT2D eigenvalue weighted by Gasteiger charge is 2.82. The van der Waals surface area contributed by atoms with E-state index in [0.717, 1.165) is 0 Å². The summed E-state index contributed by atoms with van der Waals surface area (Å²) in [4.78, 5) is 26.6. The van der Waals surface area contributed by atoms with Gasteiger partial charge in [-0.2, -0.15) is 0 Å². The van der Waals surface area contributed by atoms with Gasteiger partial charge in [-0.15, -0.1) is 0 Å². The normalized spacial score (nSPS) is 48.9. The lowest BCUT2D eigenvalue weighted by molar-refractivity contribution is -0.373. The molecule has 0 spiro atoms. The van der Waals surface area contributed by atoms with Crippen LogP contribution in [-0.4, -0.2) is 234 Å². The summed E-state index contributed by atoms with van der Waals surface area (Å²) in [6.45, 7) is 11.4. The summed E-state index contributed by atoms with van der Waals surface area (Å²) in [5.41, 5.74) is -6.87. The van der Waals surface area contributed by atoms with Crippen molar-refractivity contribution in [2.24, 2.45) is 22.7 Å². The van der Waals surface area contributed by atoms with Gasteiger partial charge in [0.25, 0.3) is 0 Å². The Hall–Kier alpha value is -2.80. The molecule has 9 rings (SSSR count). The van der Waals surface area contributed by atoms with Crippen molar-refractivity contribution in [2.45, 2.75) is 258 Å². The zero-order valence-corrected chi connectivity index (χ0v) is 49.1. The highest BCUT2D eigenvalue weighted by Crippen LogP contribution is 2.72. The number of hydrogen-bond donors (Lipinski definition) is 9. The number of benzene rings is 1. The Morgan fingerprint density at radius 3 is 1.93 bits per heavy atom. The third-order valence-corrected chi connectivity index (χ3v) is 20.8. The second-order valence-corrected chi connectivity index (χ2v) is 24.9. The highest BCUT2D eigenvalue weighted by molar-refractivity contribution is 5.95. The molecule has 82 heavy (non-hydrogen) atoms. The Morgan fingerprint density at radius 2 is 1.30 bits per heavy atom. The van der Waals surface area contributed by atoms with Crippen LogP contribution < -0.4 is 5.32 Å². The third kappa shape index (κ3) is 11.0. The summed E-state index contributed by atoms with van der Waals surface area (Å²) in [5.74, 6) is -1.74. The van der Waals surface area contributed by atoms with Gasteiger partial charge in [-0.05, 0) is 108 Å². The van der Waals surface area contributed by atoms with E-state index in [1.807, 2.05) is 6.92 Å². The zero-order valence-electron chi connectivity index (χ0n) is 49.1. The molecule has 466 valence electrons. The van der Waals surface area contributed by atoms with E-state index < -0.39 is 175 Å². The largest absolute Gasteiger partial charge is 0.462 e. The van der Waals surface area contributed by atoms with Gasteiger partial charge < -0.3 is 108 Å². The minimum atomic E-state index is -1.93. The maximum atomic E-state index is 13.7. The molecule has 24 nitrogen and oxygen atoms in total. The fourth-order valence-electron chi connectivity index (χ4n) is 16.1. The number of esters is 2. The predicted octanol–water partition coefficient (Wildman–Crippen LogP) is 1.58. The second-order valence-electron chi connectivity index (χ2n) is 24.9. The quantitative estimate of drug-likeness (QED) is 0.0790. The van der Waals surface area contributed by atoms with Crippen LogP contribution in [0.25, 0.3) is 0 Å². The number of methoxy groups -OCH3 is 3. The van der Waals surface area contributed by atoms with E-state index in [4.69, 9.17) is 61.6 Å². The van der Waals surface area contributed by atoms with Gasteiger partial charge in [0.1, 0.15) is 78.3 Å². The SMILES string of the molecule is CNc1ccccc1C(=O)O[C@@H](C)[C@]1(O)CC[C@@]2(O)[C@]1(C)[C@H](OC(C)=O)CC1[C@@]3(C)CC[C@H](O[C@H]4C[C@H](OC)[C@H](O[C@H]5C[C@H](OC)[C@H](O[C@@H]6O[C@H](C)[C@@H](O[C@@H]7O[C@H](CO)[C@@H](O)[C@H](O)[C@H]7O)[C@@H](OC)[C@H]6O)[C@@H](C)O5)[C@@H](C)O4)C[C@@H]3CC[C@]12O. The number of aliphatic hydroxyl groups is 8. The number of carbonyl (C=O) groups is 2. The lowest BCUT2D eigenvalue weighted by atomic mass is 9.40. The summed E-state index contributed by atoms with van der Waals surface area (Å²) in [6, 6.07) is 6.86. The maximum Gasteiger partial charge on any atom is 0.340 e. The Labute approximate surface area is 479 Å². The zero-order chi connectivity index (χ0) is 59.6. The van der Waals surface area contributed by atoms with Gasteiger partial charge in [0, 0.05) is 53.8 Å². The number of para-hydroxylation sites is 1. The van der Waals surface area contributed by atoms with Gasteiger partial charge >= 0.3 is 11.9 Å². The summed E-state index contributed by atoms with van der Waals surface area (Å²) in [6.07, 6.45) is -17.3. The van der Waals surface area contributed by atoms with Crippen molar-refractivity contribution in [1.82, 2.24) is 0 Å². The minimum absolute atomic E-state index is 0.0151. The molecule has 1 aromatic rings. The van der Waals surface area contributed by atoms with Crippen molar-refractivity contribution in [3.63, 3.8) is 0 Å². The Morgan fingerprint density at radius 1 is 0.695 bits per heavy atom. The first kappa shape index (κ1) is 63.7. The molecule has 4 saturated heterocycles. The molecule has 8 aliphatic rings. The number of carbonyl (C=O) groups excluding carboxylic acids is 2. The molecule has 4 aliphatic carbocycles. The van der Waals surface area contributed by atoms with Gasteiger partial charge in [-0.3, -0.25) is 4.79 Å². The van der Waals surface area contributed by atoms with Gasteiger partial charge in [0.05, 0.1) is 59.8 Å². The Balaban J connectivity index is 0.805. The van der Waals surface area contributed by atoms with Gasteiger partial charge in [-0.1, -0.05) is 26.0 Å². The number of fused-ring (bicyclic) bond motifs is 5. The summed E-state index contributed by atoms with van der Waals surface area (Å²) >= 11 is 0. The molecular weight excluding hydrogens is 1080 g/mol. The second kappa shape index (κ2) is 24.8. The molecule has 4 heterocycles. The van der Waals surface area contributed by atoms with Crippen LogP contribution in [0.4, 0.5) is 5.69 Å². The number of nitrogens with one attached hydrogen (secondary N) is 1. The number of rotatable bonds is 17. The van der Waals surface area contributed by atoms with Crippen LogP contribution in [0.1, 0.15) is 123 Å². The number of ether oxygens (including phenoxy) is 13. The lowest BCUT2D eigenvalue weighted by Gasteiger charge is -2.69. The Kier molecular flexibility index (Phi) is 19.2. The van der Waals surface area contributed by atoms with E-state index in [9.17, 15) is 50.4 Å². The average molecular weight is 1170 g/mol. The van der Waals surface area contributed by atoms with E-state index in [-0.39, 0.29) is 49.7 Å². The smallest absolute Gasteiger partial charge is 0.340 e. The standard InChI is InChI=1S/C58H91NO23/c1-27-47(80-42-24-37(71-10)48(28(2)74-42)81-53-46(65)50(72-11)49(29(3)75-53)82-52-45(64)44(63)43(62)38(26-60)79-52)36(70-9)23-41(73-27)78-33-17-18-54(6)32(22-33)16-19-57(68)39(54)25-40(77-31(5)61)55(7)56(67,20-21-58(55,57)69)30(4)76-51(66)34-14-12-13-15-35(34)59-8/h12-15,27-30,32-33,36-50,52-53,59-60,62-65,67-69H,16-26H2,1-11H3/t27-,28-,29-,30+,32+,33+,36+,37+,38-,39?,40-,41+,42+,43-,44+,45-,46-,47-,48-,49-,50+,52+,53+,54+,55-,56-,57+,58-/m1/s1. The van der Waals surface area contributed by atoms with Crippen LogP contribution >= 0.6 is 0 Å². The van der Waals surface area contributed by atoms with Crippen LogP contribution in [-0.2, 0) is 66.4 Å². The average Bonchev–Trinajstić information content (AvgIpc) is 2.26. The lowest BCUT2D eigenvalue weighted by Crippen LogP contribution is -2.79. The van der Waals surface area contributed by atoms with Crippen molar-refractivity contribution < 1.29 is 112 Å². The molecule has 8 fully saturated rings. The Bertz CT molecular complexity index is 2360. The van der Waals surface area contributed by atoms with Crippen molar-refractivity contribution in [2.75, 3.05) is 40.3 Å². The molecule has 4 saturated carbocycles. The molecule has 0 bridgehead atoms. The molecule has 4 aliphatic heterocycles. The molecule has 0 radical (unpaired) electrons. The molecule has 1 aromatic carbocycles. The first-order valence-corrected chi connectivity index (χ1v) is 29.2. The summed E-state index contributed by atoms with van der Waals surface area (Å²) in [5, 5.41) is 94.7. The van der Waals surface area contributed by atoms with Crippen molar-refractivity contribution in [1.29, 1.82) is 0 Å². The molecule has 0 aromatic heterocycles. The molecule has 28 atom stereocenters. The van der Waals surface area contributed by atoms with Gasteiger partial charge in [-0.25, -0.2) is 4.79 Å². The topological polar surface area (TPSA) is 328 Å². The summed E-state index contributed by atoms with van der Waals surface area (Å²) in [7, 11) is 6.19. The maximum absolute atomic E-state index is 13.7. The van der Waals surface area contributed by atoms with E-state index in [1.54, 1.807) is 66.1 Å². The predicted molar refractivity (Wildman–Crippen MR) is 285 cm³/mol.